The van der Waals surface area contributed by atoms with Crippen molar-refractivity contribution in [2.45, 2.75) is 64.6 Å². The number of hydrogen-bond acceptors (Lipinski definition) is 4. The number of rotatable bonds is 4. The fourth-order valence-corrected chi connectivity index (χ4v) is 3.59. The second-order valence-corrected chi connectivity index (χ2v) is 6.57. The van der Waals surface area contributed by atoms with Gasteiger partial charge < -0.3 is 14.2 Å². The highest BCUT2D eigenvalue weighted by molar-refractivity contribution is 9.10. The van der Waals surface area contributed by atoms with E-state index >= 15 is 0 Å². The summed E-state index contributed by atoms with van der Waals surface area (Å²) in [6.07, 6.45) is 4.15. The Hall–Kier alpha value is -0.430. The fourth-order valence-electron chi connectivity index (χ4n) is 3.19. The quantitative estimate of drug-likeness (QED) is 0.829. The third-order valence-corrected chi connectivity index (χ3v) is 5.45. The monoisotopic (exact) mass is 358 g/mol. The highest BCUT2D eigenvalue weighted by Gasteiger charge is 2.40. The summed E-state index contributed by atoms with van der Waals surface area (Å²) >= 11 is 3.61. The molecule has 1 saturated carbocycles. The van der Waals surface area contributed by atoms with Crippen LogP contribution in [0.2, 0.25) is 0 Å². The van der Waals surface area contributed by atoms with Crippen LogP contribution in [0.5, 0.6) is 0 Å². The molecule has 0 bridgehead atoms. The largest absolute Gasteiger partial charge is 0.372 e. The zero-order chi connectivity index (χ0) is 14.9. The van der Waals surface area contributed by atoms with Crippen molar-refractivity contribution in [2.24, 2.45) is 0 Å². The van der Waals surface area contributed by atoms with Crippen molar-refractivity contribution in [2.75, 3.05) is 13.2 Å². The number of nitrogens with zero attached hydrogens (tertiary/aromatic N) is 2. The second kappa shape index (κ2) is 6.36. The van der Waals surface area contributed by atoms with Crippen LogP contribution in [0.4, 0.5) is 0 Å². The molecule has 2 fully saturated rings. The molecular weight excluding hydrogens is 336 g/mol. The lowest BCUT2D eigenvalue weighted by molar-refractivity contribution is -0.192. The molecular formula is C15H23BrN2O3. The van der Waals surface area contributed by atoms with Gasteiger partial charge in [-0.05, 0) is 42.6 Å². The van der Waals surface area contributed by atoms with Gasteiger partial charge in [0.05, 0.1) is 41.8 Å². The van der Waals surface area contributed by atoms with Gasteiger partial charge in [-0.15, -0.1) is 0 Å². The van der Waals surface area contributed by atoms with E-state index in [4.69, 9.17) is 14.2 Å². The van der Waals surface area contributed by atoms with Gasteiger partial charge in [-0.3, -0.25) is 4.68 Å². The van der Waals surface area contributed by atoms with E-state index in [0.717, 1.165) is 61.3 Å². The van der Waals surface area contributed by atoms with Crippen LogP contribution in [0.15, 0.2) is 4.47 Å². The number of aromatic nitrogens is 2. The first kappa shape index (κ1) is 15.5. The second-order valence-electron chi connectivity index (χ2n) is 5.78. The van der Waals surface area contributed by atoms with Crippen molar-refractivity contribution in [1.82, 2.24) is 9.78 Å². The zero-order valence-electron chi connectivity index (χ0n) is 12.7. The first-order chi connectivity index (χ1) is 10.1. The van der Waals surface area contributed by atoms with Crippen molar-refractivity contribution in [3.8, 4) is 0 Å². The van der Waals surface area contributed by atoms with Gasteiger partial charge in [0.1, 0.15) is 0 Å². The number of aryl methyl sites for hydroxylation is 2. The predicted octanol–water partition coefficient (Wildman–Crippen LogP) is 3.18. The third kappa shape index (κ3) is 3.18. The van der Waals surface area contributed by atoms with Crippen LogP contribution in [0.25, 0.3) is 0 Å². The molecule has 21 heavy (non-hydrogen) atoms. The van der Waals surface area contributed by atoms with Gasteiger partial charge in [0.2, 0.25) is 0 Å². The van der Waals surface area contributed by atoms with Crippen LogP contribution < -0.4 is 0 Å². The molecule has 0 N–H and O–H groups in total. The van der Waals surface area contributed by atoms with Crippen LogP contribution >= 0.6 is 15.9 Å². The van der Waals surface area contributed by atoms with Gasteiger partial charge in [0.25, 0.3) is 0 Å². The molecule has 1 aromatic heterocycles. The standard InChI is InChI=1S/C15H23BrN2O3/c1-3-18-13(14(16)11(2)17-18)10-19-12-4-6-15(7-5-12)20-8-9-21-15/h12H,3-10H2,1-2H3. The first-order valence-electron chi connectivity index (χ1n) is 7.75. The molecule has 1 spiro atoms. The average molecular weight is 359 g/mol. The Kier molecular flexibility index (Phi) is 4.69. The Balaban J connectivity index is 1.54. The Morgan fingerprint density at radius 3 is 2.62 bits per heavy atom. The molecule has 1 aliphatic heterocycles. The maximum Gasteiger partial charge on any atom is 0.168 e. The van der Waals surface area contributed by atoms with Crippen LogP contribution in [0.3, 0.4) is 0 Å². The Morgan fingerprint density at radius 1 is 1.33 bits per heavy atom. The lowest BCUT2D eigenvalue weighted by Crippen LogP contribution is -2.37. The molecule has 0 radical (unpaired) electrons. The molecule has 118 valence electrons. The van der Waals surface area contributed by atoms with Crippen molar-refractivity contribution in [3.05, 3.63) is 15.9 Å². The van der Waals surface area contributed by atoms with E-state index < -0.39 is 0 Å². The number of halogens is 1. The van der Waals surface area contributed by atoms with Crippen LogP contribution in [-0.2, 0) is 27.4 Å². The molecule has 1 aromatic rings. The summed E-state index contributed by atoms with van der Waals surface area (Å²) in [4.78, 5) is 0. The van der Waals surface area contributed by atoms with Gasteiger partial charge in [-0.1, -0.05) is 0 Å². The van der Waals surface area contributed by atoms with E-state index in [1.165, 1.54) is 0 Å². The predicted molar refractivity (Wildman–Crippen MR) is 82.0 cm³/mol. The highest BCUT2D eigenvalue weighted by atomic mass is 79.9. The van der Waals surface area contributed by atoms with E-state index in [-0.39, 0.29) is 11.9 Å². The zero-order valence-corrected chi connectivity index (χ0v) is 14.3. The van der Waals surface area contributed by atoms with Crippen LogP contribution in [-0.4, -0.2) is 34.9 Å². The van der Waals surface area contributed by atoms with Crippen molar-refractivity contribution < 1.29 is 14.2 Å². The molecule has 0 aromatic carbocycles. The minimum atomic E-state index is -0.303. The van der Waals surface area contributed by atoms with Crippen molar-refractivity contribution in [1.29, 1.82) is 0 Å². The van der Waals surface area contributed by atoms with Crippen LogP contribution in [0, 0.1) is 6.92 Å². The Labute approximate surface area is 134 Å². The van der Waals surface area contributed by atoms with Gasteiger partial charge >= 0.3 is 0 Å². The van der Waals surface area contributed by atoms with E-state index in [2.05, 4.69) is 28.0 Å². The minimum absolute atomic E-state index is 0.288. The molecule has 0 unspecified atom stereocenters. The first-order valence-corrected chi connectivity index (χ1v) is 8.54. The summed E-state index contributed by atoms with van der Waals surface area (Å²) in [7, 11) is 0. The summed E-state index contributed by atoms with van der Waals surface area (Å²) in [5.74, 6) is -0.303. The Morgan fingerprint density at radius 2 is 2.00 bits per heavy atom. The fraction of sp³-hybridized carbons (Fsp3) is 0.800. The smallest absolute Gasteiger partial charge is 0.168 e. The number of hydrogen-bond donors (Lipinski definition) is 0. The van der Waals surface area contributed by atoms with E-state index in [1.54, 1.807) is 0 Å². The molecule has 1 saturated heterocycles. The molecule has 2 aliphatic rings. The van der Waals surface area contributed by atoms with Crippen molar-refractivity contribution in [3.63, 3.8) is 0 Å². The lowest BCUT2D eigenvalue weighted by atomic mass is 9.92. The molecule has 0 amide bonds. The minimum Gasteiger partial charge on any atom is -0.372 e. The molecule has 3 rings (SSSR count). The highest BCUT2D eigenvalue weighted by Crippen LogP contribution is 2.37. The average Bonchev–Trinajstić information content (AvgIpc) is 3.06. The third-order valence-electron chi connectivity index (χ3n) is 4.42. The molecule has 0 atom stereocenters. The lowest BCUT2D eigenvalue weighted by Gasteiger charge is -2.35. The molecule has 5 nitrogen and oxygen atoms in total. The molecule has 6 heteroatoms. The van der Waals surface area contributed by atoms with Gasteiger partial charge in [-0.25, -0.2) is 0 Å². The SMILES string of the molecule is CCn1nc(C)c(Br)c1COC1CCC2(CC1)OCCO2. The van der Waals surface area contributed by atoms with Gasteiger partial charge in [0.15, 0.2) is 5.79 Å². The molecule has 2 heterocycles. The Bertz CT molecular complexity index is 487. The normalized spacial score (nSPS) is 22.2. The number of ether oxygens (including phenoxy) is 3. The van der Waals surface area contributed by atoms with E-state index in [1.807, 2.05) is 11.6 Å². The van der Waals surface area contributed by atoms with E-state index in [0.29, 0.717) is 6.61 Å². The summed E-state index contributed by atoms with van der Waals surface area (Å²) in [5.41, 5.74) is 2.15. The van der Waals surface area contributed by atoms with Crippen molar-refractivity contribution >= 4 is 15.9 Å². The maximum atomic E-state index is 6.11. The summed E-state index contributed by atoms with van der Waals surface area (Å²) in [6, 6.07) is 0. The topological polar surface area (TPSA) is 45.5 Å². The summed E-state index contributed by atoms with van der Waals surface area (Å²) in [5, 5.41) is 4.50. The van der Waals surface area contributed by atoms with Crippen LogP contribution in [0.1, 0.15) is 44.0 Å². The van der Waals surface area contributed by atoms with Gasteiger partial charge in [0, 0.05) is 19.4 Å². The van der Waals surface area contributed by atoms with E-state index in [9.17, 15) is 0 Å². The summed E-state index contributed by atoms with van der Waals surface area (Å²) < 4.78 is 20.7. The molecule has 1 aliphatic carbocycles. The summed E-state index contributed by atoms with van der Waals surface area (Å²) in [6.45, 7) is 7.04. The van der Waals surface area contributed by atoms with Gasteiger partial charge in [-0.2, -0.15) is 5.10 Å². The maximum absolute atomic E-state index is 6.11.